The summed E-state index contributed by atoms with van der Waals surface area (Å²) in [6, 6.07) is 18.2. The van der Waals surface area contributed by atoms with Gasteiger partial charge in [0.25, 0.3) is 0 Å². The number of likely N-dealkylation sites (N-methyl/N-ethyl adjacent to an activating group) is 1. The number of carbonyl (C=O) groups is 1. The molecule has 0 atom stereocenters. The van der Waals surface area contributed by atoms with E-state index < -0.39 is 5.97 Å². The van der Waals surface area contributed by atoms with Crippen LogP contribution in [0.2, 0.25) is 0 Å². The number of benzene rings is 2. The molecule has 0 bridgehead atoms. The molecule has 4 rings (SSSR count). The highest BCUT2D eigenvalue weighted by molar-refractivity contribution is 7.30. The highest BCUT2D eigenvalue weighted by atomic mass is 32.1. The Balaban J connectivity index is 1.19. The molecule has 0 amide bonds. The Kier molecular flexibility index (Phi) is 15.0. The molecular weight excluding hydrogens is 613 g/mol. The quantitative estimate of drug-likeness (QED) is 0.0385. The van der Waals surface area contributed by atoms with Gasteiger partial charge in [-0.2, -0.15) is 0 Å². The number of fused-ring (bicyclic) bond motifs is 1. The van der Waals surface area contributed by atoms with Gasteiger partial charge in [-0.3, -0.25) is 0 Å². The van der Waals surface area contributed by atoms with E-state index in [4.69, 9.17) is 4.74 Å². The van der Waals surface area contributed by atoms with Crippen molar-refractivity contribution in [1.82, 2.24) is 4.98 Å². The maximum Gasteiger partial charge on any atom is 0.330 e. The van der Waals surface area contributed by atoms with Crippen molar-refractivity contribution in [3.05, 3.63) is 72.8 Å². The van der Waals surface area contributed by atoms with Crippen LogP contribution in [-0.2, 0) is 16.0 Å². The number of thiophene rings is 1. The zero-order valence-electron chi connectivity index (χ0n) is 27.2. The fourth-order valence-electron chi connectivity index (χ4n) is 5.07. The summed E-state index contributed by atoms with van der Waals surface area (Å²) in [5.74, 6) is -0.412. The number of anilines is 1. The van der Waals surface area contributed by atoms with Crippen LogP contribution in [0.1, 0.15) is 83.6 Å². The van der Waals surface area contributed by atoms with Crippen LogP contribution >= 0.6 is 22.7 Å². The van der Waals surface area contributed by atoms with E-state index in [1.54, 1.807) is 0 Å². The minimum Gasteiger partial charge on any atom is -0.461 e. The van der Waals surface area contributed by atoms with E-state index in [0.29, 0.717) is 18.3 Å². The lowest BCUT2D eigenvalue weighted by Crippen LogP contribution is -2.27. The normalized spacial score (nSPS) is 11.6. The molecule has 2 aromatic carbocycles. The first kappa shape index (κ1) is 35.1. The molecule has 0 saturated heterocycles. The predicted molar refractivity (Wildman–Crippen MR) is 193 cm³/mol. The summed E-state index contributed by atoms with van der Waals surface area (Å²) in [6.07, 6.45) is 15.9. The van der Waals surface area contributed by atoms with Crippen molar-refractivity contribution in [2.45, 2.75) is 84.5 Å². The Hall–Kier alpha value is -3.76. The van der Waals surface area contributed by atoms with Gasteiger partial charge in [0.2, 0.25) is 5.13 Å². The number of hydrogen-bond acceptors (Lipinski definition) is 10. The molecule has 8 nitrogen and oxygen atoms in total. The lowest BCUT2D eigenvalue weighted by molar-refractivity contribution is -0.137. The topological polar surface area (TPSA) is 91.9 Å². The van der Waals surface area contributed by atoms with Crippen LogP contribution in [0.25, 0.3) is 9.53 Å². The Morgan fingerprint density at radius 2 is 1.46 bits per heavy atom. The van der Waals surface area contributed by atoms with Crippen molar-refractivity contribution in [3.8, 4) is 0 Å². The SMILES string of the molecule is C=CC(=O)OCCN(CC)c1ccc(N=Nc2nc3sc(N=Nc4ccc(CCCCCCCCCCCC)cc4)cc3s2)cc1. The molecular formula is C36H46N6O2S2. The van der Waals surface area contributed by atoms with E-state index in [1.165, 1.54) is 98.5 Å². The second-order valence-corrected chi connectivity index (χ2v) is 13.2. The maximum atomic E-state index is 11.3. The first-order chi connectivity index (χ1) is 22.6. The van der Waals surface area contributed by atoms with Gasteiger partial charge in [-0.05, 0) is 67.8 Å². The Morgan fingerprint density at radius 1 is 0.826 bits per heavy atom. The first-order valence-corrected chi connectivity index (χ1v) is 18.2. The van der Waals surface area contributed by atoms with Crippen molar-refractivity contribution < 1.29 is 9.53 Å². The molecule has 46 heavy (non-hydrogen) atoms. The van der Waals surface area contributed by atoms with Gasteiger partial charge >= 0.3 is 5.97 Å². The molecule has 0 unspecified atom stereocenters. The summed E-state index contributed by atoms with van der Waals surface area (Å²) in [6.45, 7) is 9.44. The number of esters is 1. The molecule has 0 spiro atoms. The van der Waals surface area contributed by atoms with E-state index in [-0.39, 0.29) is 0 Å². The number of unbranched alkanes of at least 4 members (excludes halogenated alkanes) is 9. The first-order valence-electron chi connectivity index (χ1n) is 16.5. The van der Waals surface area contributed by atoms with Crippen LogP contribution in [0, 0.1) is 0 Å². The molecule has 4 aromatic rings. The van der Waals surface area contributed by atoms with Crippen molar-refractivity contribution in [1.29, 1.82) is 0 Å². The number of carbonyl (C=O) groups excluding carboxylic acids is 1. The number of aromatic nitrogens is 1. The van der Waals surface area contributed by atoms with E-state index in [2.05, 4.69) is 75.0 Å². The van der Waals surface area contributed by atoms with Gasteiger partial charge in [0, 0.05) is 18.3 Å². The number of thiazole rings is 1. The standard InChI is InChI=1S/C36H46N6O2S2/c1-4-7-8-9-10-11-12-13-14-15-16-28-17-19-29(20-18-28)38-40-33-27-32-35(46-33)37-36(45-32)41-39-30-21-23-31(24-22-30)42(6-3)25-26-44-34(43)5-2/h5,17-24,27H,2,4,6-16,25-26H2,1,3H3. The van der Waals surface area contributed by atoms with Crippen LogP contribution in [-0.4, -0.2) is 30.6 Å². The average molecular weight is 659 g/mol. The minimum absolute atomic E-state index is 0.303. The molecule has 2 heterocycles. The number of rotatable bonds is 21. The summed E-state index contributed by atoms with van der Waals surface area (Å²) in [5, 5.41) is 19.0. The smallest absolute Gasteiger partial charge is 0.330 e. The number of aryl methyl sites for hydroxylation is 1. The highest BCUT2D eigenvalue weighted by Gasteiger charge is 2.09. The Labute approximate surface area is 281 Å². The molecule has 2 aromatic heterocycles. The second-order valence-electron chi connectivity index (χ2n) is 11.2. The number of ether oxygens (including phenoxy) is 1. The van der Waals surface area contributed by atoms with Crippen LogP contribution < -0.4 is 4.90 Å². The van der Waals surface area contributed by atoms with Crippen LogP contribution in [0.5, 0.6) is 0 Å². The summed E-state index contributed by atoms with van der Waals surface area (Å²) in [5.41, 5.74) is 3.98. The van der Waals surface area contributed by atoms with Crippen molar-refractivity contribution in [3.63, 3.8) is 0 Å². The predicted octanol–water partition coefficient (Wildman–Crippen LogP) is 12.2. The molecule has 0 saturated carbocycles. The Morgan fingerprint density at radius 3 is 2.09 bits per heavy atom. The fourth-order valence-corrected chi connectivity index (χ4v) is 6.92. The molecule has 10 heteroatoms. The van der Waals surface area contributed by atoms with E-state index in [9.17, 15) is 4.79 Å². The van der Waals surface area contributed by atoms with Gasteiger partial charge in [-0.25, -0.2) is 9.78 Å². The second kappa shape index (κ2) is 19.7. The molecule has 0 radical (unpaired) electrons. The van der Waals surface area contributed by atoms with Crippen LogP contribution in [0.3, 0.4) is 0 Å². The fraction of sp³-hybridized carbons (Fsp3) is 0.444. The van der Waals surface area contributed by atoms with Crippen LogP contribution in [0.4, 0.5) is 27.2 Å². The van der Waals surface area contributed by atoms with Crippen molar-refractivity contribution in [2.75, 3.05) is 24.6 Å². The number of hydrogen-bond donors (Lipinski definition) is 0. The van der Waals surface area contributed by atoms with Gasteiger partial charge in [0.1, 0.15) is 16.4 Å². The zero-order valence-corrected chi connectivity index (χ0v) is 28.8. The lowest BCUT2D eigenvalue weighted by Gasteiger charge is -2.22. The van der Waals surface area contributed by atoms with E-state index >= 15 is 0 Å². The Bertz CT molecular complexity index is 1510. The molecule has 0 aliphatic heterocycles. The summed E-state index contributed by atoms with van der Waals surface area (Å²) < 4.78 is 6.12. The zero-order chi connectivity index (χ0) is 32.4. The molecule has 0 aliphatic rings. The molecule has 244 valence electrons. The van der Waals surface area contributed by atoms with Gasteiger partial charge in [0.15, 0.2) is 0 Å². The minimum atomic E-state index is -0.412. The van der Waals surface area contributed by atoms with Gasteiger partial charge in [0.05, 0.1) is 22.6 Å². The monoisotopic (exact) mass is 658 g/mol. The molecule has 0 aliphatic carbocycles. The van der Waals surface area contributed by atoms with E-state index in [1.807, 2.05) is 30.3 Å². The third-order valence-electron chi connectivity index (χ3n) is 7.70. The summed E-state index contributed by atoms with van der Waals surface area (Å²) >= 11 is 2.98. The largest absolute Gasteiger partial charge is 0.461 e. The number of nitrogens with zero attached hydrogens (tertiary/aromatic N) is 6. The average Bonchev–Trinajstić information content (AvgIpc) is 3.65. The van der Waals surface area contributed by atoms with Crippen molar-refractivity contribution >= 4 is 65.4 Å². The molecule has 0 fully saturated rings. The van der Waals surface area contributed by atoms with Gasteiger partial charge in [-0.1, -0.05) is 106 Å². The van der Waals surface area contributed by atoms with Crippen molar-refractivity contribution in [2.24, 2.45) is 20.5 Å². The summed E-state index contributed by atoms with van der Waals surface area (Å²) in [7, 11) is 0. The highest BCUT2D eigenvalue weighted by Crippen LogP contribution is 2.39. The molecule has 0 N–H and O–H groups in total. The third-order valence-corrected chi connectivity index (χ3v) is 9.63. The van der Waals surface area contributed by atoms with Gasteiger partial charge in [-0.15, -0.1) is 20.5 Å². The van der Waals surface area contributed by atoms with E-state index in [0.717, 1.165) is 44.6 Å². The maximum absolute atomic E-state index is 11.3. The third kappa shape index (κ3) is 11.9. The number of azo groups is 2. The van der Waals surface area contributed by atoms with Crippen LogP contribution in [0.15, 0.2) is 87.7 Å². The lowest BCUT2D eigenvalue weighted by atomic mass is 10.0. The summed E-state index contributed by atoms with van der Waals surface area (Å²) in [4.78, 5) is 18.9. The van der Waals surface area contributed by atoms with Gasteiger partial charge < -0.3 is 9.64 Å².